The third-order valence-corrected chi connectivity index (χ3v) is 4.66. The number of ether oxygens (including phenoxy) is 2. The van der Waals surface area contributed by atoms with Crippen LogP contribution in [0.5, 0.6) is 0 Å². The number of carbonyl (C=O) groups excluding carboxylic acids is 1. The molecule has 1 heterocycles. The van der Waals surface area contributed by atoms with Gasteiger partial charge in [0.1, 0.15) is 12.2 Å². The summed E-state index contributed by atoms with van der Waals surface area (Å²) in [6, 6.07) is 0. The summed E-state index contributed by atoms with van der Waals surface area (Å²) in [6.07, 6.45) is 1.29. The lowest BCUT2D eigenvalue weighted by molar-refractivity contribution is -0.149. The predicted molar refractivity (Wildman–Crippen MR) is 54.2 cm³/mol. The zero-order valence-corrected chi connectivity index (χ0v) is 9.74. The zero-order chi connectivity index (χ0) is 11.0. The highest BCUT2D eigenvalue weighted by molar-refractivity contribution is 5.66. The molecule has 3 fully saturated rings. The van der Waals surface area contributed by atoms with Crippen molar-refractivity contribution in [1.82, 2.24) is 0 Å². The lowest BCUT2D eigenvalue weighted by Crippen LogP contribution is -2.34. The van der Waals surface area contributed by atoms with E-state index in [1.807, 2.05) is 0 Å². The molecule has 2 saturated carbocycles. The monoisotopic (exact) mass is 210 g/mol. The van der Waals surface area contributed by atoms with E-state index in [4.69, 9.17) is 9.47 Å². The van der Waals surface area contributed by atoms with Gasteiger partial charge in [0.25, 0.3) is 0 Å². The van der Waals surface area contributed by atoms with Gasteiger partial charge in [0.15, 0.2) is 0 Å². The fourth-order valence-electron chi connectivity index (χ4n) is 3.62. The quantitative estimate of drug-likeness (QED) is 0.489. The number of epoxide rings is 1. The van der Waals surface area contributed by atoms with Crippen molar-refractivity contribution in [3.63, 3.8) is 0 Å². The molecule has 5 atom stereocenters. The summed E-state index contributed by atoms with van der Waals surface area (Å²) in [4.78, 5) is 11.1. The Kier molecular flexibility index (Phi) is 1.54. The van der Waals surface area contributed by atoms with E-state index in [2.05, 4.69) is 20.8 Å². The summed E-state index contributed by atoms with van der Waals surface area (Å²) in [7, 11) is 0. The Morgan fingerprint density at radius 3 is 2.67 bits per heavy atom. The lowest BCUT2D eigenvalue weighted by Gasteiger charge is -2.21. The molecule has 0 aromatic rings. The van der Waals surface area contributed by atoms with Crippen LogP contribution in [-0.2, 0) is 14.3 Å². The minimum atomic E-state index is -0.179. The van der Waals surface area contributed by atoms with Gasteiger partial charge >= 0.3 is 5.97 Å². The number of hydrogen-bond acceptors (Lipinski definition) is 3. The molecule has 0 amide bonds. The fraction of sp³-hybridized carbons (Fsp3) is 0.917. The Morgan fingerprint density at radius 1 is 1.40 bits per heavy atom. The van der Waals surface area contributed by atoms with Crippen molar-refractivity contribution in [3.05, 3.63) is 0 Å². The van der Waals surface area contributed by atoms with Crippen LogP contribution in [-0.4, -0.2) is 23.8 Å². The maximum Gasteiger partial charge on any atom is 0.303 e. The standard InChI is InChI=1S/C12H18O3/c1-6(13)14-9-8-7(11(8,2)3)5-12(4)10(9)15-12/h7-10H,5H2,1-4H3/t7-,8-,9-,10+,12-/m0/s1. The van der Waals surface area contributed by atoms with Crippen molar-refractivity contribution < 1.29 is 14.3 Å². The zero-order valence-electron chi connectivity index (χ0n) is 9.74. The van der Waals surface area contributed by atoms with Gasteiger partial charge in [-0.3, -0.25) is 4.79 Å². The van der Waals surface area contributed by atoms with E-state index in [0.29, 0.717) is 17.3 Å². The van der Waals surface area contributed by atoms with E-state index in [1.165, 1.54) is 6.92 Å². The SMILES string of the molecule is CC(=O)O[C@H]1[C@@H]2[C@H](C[C@]3(C)O[C@H]13)C2(C)C. The molecule has 0 aromatic carbocycles. The average molecular weight is 210 g/mol. The van der Waals surface area contributed by atoms with Crippen LogP contribution in [0.4, 0.5) is 0 Å². The molecule has 1 saturated heterocycles. The molecular formula is C12H18O3. The van der Waals surface area contributed by atoms with E-state index in [9.17, 15) is 4.79 Å². The second-order valence-corrected chi connectivity index (χ2v) is 6.08. The summed E-state index contributed by atoms with van der Waals surface area (Å²) in [5.74, 6) is 1.01. The van der Waals surface area contributed by atoms with Crippen molar-refractivity contribution in [1.29, 1.82) is 0 Å². The molecule has 0 aromatic heterocycles. The van der Waals surface area contributed by atoms with Gasteiger partial charge in [0.2, 0.25) is 0 Å². The van der Waals surface area contributed by atoms with Gasteiger partial charge < -0.3 is 9.47 Å². The Labute approximate surface area is 90.1 Å². The van der Waals surface area contributed by atoms with Crippen LogP contribution in [0, 0.1) is 17.3 Å². The highest BCUT2D eigenvalue weighted by Crippen LogP contribution is 2.71. The molecule has 0 unspecified atom stereocenters. The molecular weight excluding hydrogens is 192 g/mol. The third kappa shape index (κ3) is 1.13. The maximum absolute atomic E-state index is 11.1. The van der Waals surface area contributed by atoms with Gasteiger partial charge in [-0.05, 0) is 24.7 Å². The third-order valence-electron chi connectivity index (χ3n) is 4.66. The minimum absolute atomic E-state index is 0.00116. The van der Waals surface area contributed by atoms with E-state index < -0.39 is 0 Å². The molecule has 3 nitrogen and oxygen atoms in total. The molecule has 84 valence electrons. The van der Waals surface area contributed by atoms with Crippen LogP contribution in [0.3, 0.4) is 0 Å². The summed E-state index contributed by atoms with van der Waals surface area (Å²) in [6.45, 7) is 8.16. The van der Waals surface area contributed by atoms with Crippen LogP contribution >= 0.6 is 0 Å². The first-order valence-corrected chi connectivity index (χ1v) is 5.71. The lowest BCUT2D eigenvalue weighted by atomic mass is 9.88. The van der Waals surface area contributed by atoms with Crippen LogP contribution in [0.15, 0.2) is 0 Å². The molecule has 1 aliphatic heterocycles. The highest BCUT2D eigenvalue weighted by atomic mass is 16.6. The summed E-state index contributed by atoms with van der Waals surface area (Å²) >= 11 is 0. The minimum Gasteiger partial charge on any atom is -0.459 e. The largest absolute Gasteiger partial charge is 0.459 e. The normalized spacial score (nSPS) is 53.9. The summed E-state index contributed by atoms with van der Waals surface area (Å²) in [5.41, 5.74) is 0.328. The van der Waals surface area contributed by atoms with Crippen molar-refractivity contribution in [2.75, 3.05) is 0 Å². The topological polar surface area (TPSA) is 38.8 Å². The predicted octanol–water partition coefficient (Wildman–Crippen LogP) is 1.75. The van der Waals surface area contributed by atoms with Gasteiger partial charge in [-0.1, -0.05) is 13.8 Å². The Hall–Kier alpha value is -0.570. The second-order valence-electron chi connectivity index (χ2n) is 6.08. The molecule has 15 heavy (non-hydrogen) atoms. The second kappa shape index (κ2) is 2.40. The van der Waals surface area contributed by atoms with E-state index in [1.54, 1.807) is 0 Å². The molecule has 3 aliphatic rings. The molecule has 3 heteroatoms. The molecule has 3 rings (SSSR count). The van der Waals surface area contributed by atoms with Gasteiger partial charge in [-0.25, -0.2) is 0 Å². The molecule has 0 bridgehead atoms. The first-order valence-electron chi connectivity index (χ1n) is 5.71. The van der Waals surface area contributed by atoms with Gasteiger partial charge in [0.05, 0.1) is 5.60 Å². The van der Waals surface area contributed by atoms with Gasteiger partial charge in [-0.2, -0.15) is 0 Å². The van der Waals surface area contributed by atoms with Gasteiger partial charge in [0, 0.05) is 12.8 Å². The highest BCUT2D eigenvalue weighted by Gasteiger charge is 2.76. The van der Waals surface area contributed by atoms with Gasteiger partial charge in [-0.15, -0.1) is 0 Å². The Morgan fingerprint density at radius 2 is 2.07 bits per heavy atom. The summed E-state index contributed by atoms with van der Waals surface area (Å²) in [5, 5.41) is 0. The maximum atomic E-state index is 11.1. The molecule has 0 radical (unpaired) electrons. The molecule has 2 aliphatic carbocycles. The van der Waals surface area contributed by atoms with Crippen LogP contribution in [0.25, 0.3) is 0 Å². The number of carbonyl (C=O) groups is 1. The first kappa shape index (κ1) is 9.64. The number of rotatable bonds is 1. The number of hydrogen-bond donors (Lipinski definition) is 0. The smallest absolute Gasteiger partial charge is 0.303 e. The number of fused-ring (bicyclic) bond motifs is 2. The van der Waals surface area contributed by atoms with E-state index >= 15 is 0 Å². The van der Waals surface area contributed by atoms with Crippen LogP contribution < -0.4 is 0 Å². The van der Waals surface area contributed by atoms with Crippen molar-refractivity contribution >= 4 is 5.97 Å². The van der Waals surface area contributed by atoms with E-state index in [-0.39, 0.29) is 23.8 Å². The van der Waals surface area contributed by atoms with E-state index in [0.717, 1.165) is 6.42 Å². The Balaban J connectivity index is 1.84. The van der Waals surface area contributed by atoms with Crippen molar-refractivity contribution in [3.8, 4) is 0 Å². The fourth-order valence-corrected chi connectivity index (χ4v) is 3.62. The molecule has 0 spiro atoms. The summed E-state index contributed by atoms with van der Waals surface area (Å²) < 4.78 is 11.1. The van der Waals surface area contributed by atoms with Crippen molar-refractivity contribution in [2.45, 2.75) is 51.9 Å². The van der Waals surface area contributed by atoms with Crippen molar-refractivity contribution in [2.24, 2.45) is 17.3 Å². The van der Waals surface area contributed by atoms with Crippen LogP contribution in [0.2, 0.25) is 0 Å². The first-order chi connectivity index (χ1) is 6.86. The van der Waals surface area contributed by atoms with Crippen LogP contribution in [0.1, 0.15) is 34.1 Å². The Bertz CT molecular complexity index is 336. The number of esters is 1. The molecule has 0 N–H and O–H groups in total. The average Bonchev–Trinajstić information content (AvgIpc) is 2.87.